The van der Waals surface area contributed by atoms with E-state index in [0.29, 0.717) is 52.0 Å². The van der Waals surface area contributed by atoms with Gasteiger partial charge in [-0.2, -0.15) is 4.36 Å². The van der Waals surface area contributed by atoms with Crippen molar-refractivity contribution in [1.29, 1.82) is 0 Å². The lowest BCUT2D eigenvalue weighted by atomic mass is 9.91. The summed E-state index contributed by atoms with van der Waals surface area (Å²) in [6.45, 7) is 5.68. The minimum atomic E-state index is -2.61. The molecule has 0 bridgehead atoms. The number of amides is 2. The van der Waals surface area contributed by atoms with Gasteiger partial charge in [-0.3, -0.25) is 9.59 Å². The van der Waals surface area contributed by atoms with Gasteiger partial charge >= 0.3 is 0 Å². The zero-order valence-corrected chi connectivity index (χ0v) is 19.6. The number of benzene rings is 1. The molecule has 6 nitrogen and oxygen atoms in total. The van der Waals surface area contributed by atoms with Crippen molar-refractivity contribution >= 4 is 21.5 Å². The number of likely N-dealkylation sites (tertiary alicyclic amines) is 1. The van der Waals surface area contributed by atoms with E-state index >= 15 is 0 Å². The van der Waals surface area contributed by atoms with Crippen molar-refractivity contribution in [3.8, 4) is 0 Å². The standard InChI is InChI=1S/C24H34N2O4S/c1-24(2,18-30-17-19-9-5-4-6-10-19)23(28)26-15-13-21(14-16-26)31(3,29)25-22(27)20-11-7-8-12-20/h4-10,20-21H,11-18H2,1-3H3. The summed E-state index contributed by atoms with van der Waals surface area (Å²) in [7, 11) is -2.61. The summed E-state index contributed by atoms with van der Waals surface area (Å²) in [5.74, 6) is -0.349. The van der Waals surface area contributed by atoms with E-state index < -0.39 is 15.1 Å². The van der Waals surface area contributed by atoms with E-state index in [4.69, 9.17) is 4.74 Å². The molecule has 0 saturated carbocycles. The van der Waals surface area contributed by atoms with E-state index in [1.807, 2.05) is 61.2 Å². The molecule has 3 rings (SSSR count). The number of rotatable bonds is 7. The topological polar surface area (TPSA) is 76.0 Å². The molecule has 0 N–H and O–H groups in total. The van der Waals surface area contributed by atoms with Crippen LogP contribution < -0.4 is 0 Å². The first-order chi connectivity index (χ1) is 14.7. The van der Waals surface area contributed by atoms with Crippen LogP contribution in [0.1, 0.15) is 45.1 Å². The van der Waals surface area contributed by atoms with E-state index in [2.05, 4.69) is 4.36 Å². The van der Waals surface area contributed by atoms with Gasteiger partial charge in [-0.15, -0.1) is 0 Å². The number of nitrogens with zero attached hydrogens (tertiary/aromatic N) is 2. The fourth-order valence-electron chi connectivity index (χ4n) is 4.13. The number of carbonyl (C=O) groups excluding carboxylic acids is 2. The Hall–Kier alpha value is -1.99. The van der Waals surface area contributed by atoms with Crippen molar-refractivity contribution in [2.75, 3.05) is 26.0 Å². The van der Waals surface area contributed by atoms with Crippen molar-refractivity contribution < 1.29 is 18.5 Å². The van der Waals surface area contributed by atoms with Gasteiger partial charge in [-0.25, -0.2) is 4.21 Å². The summed E-state index contributed by atoms with van der Waals surface area (Å²) < 4.78 is 23.1. The molecule has 0 radical (unpaired) electrons. The van der Waals surface area contributed by atoms with Crippen molar-refractivity contribution in [3.05, 3.63) is 48.0 Å². The fraction of sp³-hybridized carbons (Fsp3) is 0.583. The van der Waals surface area contributed by atoms with Crippen LogP contribution in [0.3, 0.4) is 0 Å². The molecule has 1 aliphatic carbocycles. The average Bonchev–Trinajstić information content (AvgIpc) is 3.29. The molecule has 7 heteroatoms. The van der Waals surface area contributed by atoms with Gasteiger partial charge < -0.3 is 9.64 Å². The summed E-state index contributed by atoms with van der Waals surface area (Å²) in [5.41, 5.74) is 0.446. The summed E-state index contributed by atoms with van der Waals surface area (Å²) in [6, 6.07) is 9.90. The number of carbonyl (C=O) groups is 2. The highest BCUT2D eigenvalue weighted by molar-refractivity contribution is 7.93. The molecule has 2 amide bonds. The fourth-order valence-corrected chi connectivity index (χ4v) is 5.87. The van der Waals surface area contributed by atoms with E-state index in [9.17, 15) is 13.8 Å². The normalized spacial score (nSPS) is 19.9. The van der Waals surface area contributed by atoms with Crippen LogP contribution in [0.25, 0.3) is 0 Å². The lowest BCUT2D eigenvalue weighted by Crippen LogP contribution is -2.48. The third-order valence-corrected chi connectivity index (χ3v) is 8.38. The number of ether oxygens (including phenoxy) is 1. The molecule has 1 atom stereocenters. The number of allylic oxidation sites excluding steroid dienone is 2. The molecular formula is C24H34N2O4S. The molecule has 2 aliphatic rings. The van der Waals surface area contributed by atoms with E-state index in [1.165, 1.54) is 0 Å². The Labute approximate surface area is 186 Å². The molecule has 31 heavy (non-hydrogen) atoms. The van der Waals surface area contributed by atoms with Crippen LogP contribution in [0, 0.1) is 11.3 Å². The molecule has 1 aromatic rings. The highest BCUT2D eigenvalue weighted by Gasteiger charge is 2.36. The largest absolute Gasteiger partial charge is 0.376 e. The molecule has 0 aromatic heterocycles. The number of hydrogen-bond acceptors (Lipinski definition) is 4. The van der Waals surface area contributed by atoms with Crippen molar-refractivity contribution in [2.45, 2.75) is 51.4 Å². The predicted octanol–water partition coefficient (Wildman–Crippen LogP) is 3.81. The van der Waals surface area contributed by atoms with Crippen molar-refractivity contribution in [2.24, 2.45) is 15.7 Å². The first-order valence-corrected chi connectivity index (χ1v) is 13.0. The lowest BCUT2D eigenvalue weighted by Gasteiger charge is -2.37. The first kappa shape index (κ1) is 23.7. The second-order valence-corrected chi connectivity index (χ2v) is 11.9. The average molecular weight is 447 g/mol. The smallest absolute Gasteiger partial charge is 0.257 e. The first-order valence-electron chi connectivity index (χ1n) is 11.0. The Bertz CT molecular complexity index is 916. The van der Waals surface area contributed by atoms with E-state index in [0.717, 1.165) is 5.56 Å². The molecule has 1 fully saturated rings. The monoisotopic (exact) mass is 446 g/mol. The third-order valence-electron chi connectivity index (χ3n) is 6.13. The molecule has 1 heterocycles. The number of piperidine rings is 1. The second kappa shape index (κ2) is 10.1. The lowest BCUT2D eigenvalue weighted by molar-refractivity contribution is -0.145. The Kier molecular flexibility index (Phi) is 7.70. The van der Waals surface area contributed by atoms with Crippen LogP contribution >= 0.6 is 0 Å². The molecule has 1 unspecified atom stereocenters. The summed E-state index contributed by atoms with van der Waals surface area (Å²) >= 11 is 0. The SMILES string of the molecule is CC(C)(COCc1ccccc1)C(=O)N1CCC(S(C)(=O)=NC(=O)C2CC=CC2)CC1. The summed E-state index contributed by atoms with van der Waals surface area (Å²) in [5, 5.41) is -0.160. The van der Waals surface area contributed by atoms with Gasteiger partial charge in [0.15, 0.2) is 0 Å². The summed E-state index contributed by atoms with van der Waals surface area (Å²) in [4.78, 5) is 27.2. The Morgan fingerprint density at radius 2 is 1.74 bits per heavy atom. The highest BCUT2D eigenvalue weighted by Crippen LogP contribution is 2.26. The van der Waals surface area contributed by atoms with Gasteiger partial charge in [0.2, 0.25) is 5.91 Å². The summed E-state index contributed by atoms with van der Waals surface area (Å²) in [6.07, 6.45) is 8.12. The van der Waals surface area contributed by atoms with Crippen LogP contribution in [0.5, 0.6) is 0 Å². The van der Waals surface area contributed by atoms with Crippen LogP contribution in [-0.2, 0) is 30.7 Å². The highest BCUT2D eigenvalue weighted by atomic mass is 32.2. The maximum atomic E-state index is 13.1. The minimum Gasteiger partial charge on any atom is -0.376 e. The van der Waals surface area contributed by atoms with E-state index in [-0.39, 0.29) is 23.0 Å². The molecule has 1 aliphatic heterocycles. The van der Waals surface area contributed by atoms with Crippen molar-refractivity contribution in [3.63, 3.8) is 0 Å². The number of hydrogen-bond donors (Lipinski definition) is 0. The predicted molar refractivity (Wildman–Crippen MR) is 123 cm³/mol. The van der Waals surface area contributed by atoms with Gasteiger partial charge in [0.25, 0.3) is 5.91 Å². The Morgan fingerprint density at radius 1 is 1.13 bits per heavy atom. The quantitative estimate of drug-likeness (QED) is 0.597. The van der Waals surface area contributed by atoms with Gasteiger partial charge in [-0.1, -0.05) is 42.5 Å². The van der Waals surface area contributed by atoms with Gasteiger partial charge in [0.05, 0.1) is 28.4 Å². The second-order valence-electron chi connectivity index (χ2n) is 9.28. The minimum absolute atomic E-state index is 0.0478. The van der Waals surface area contributed by atoms with Gasteiger partial charge in [-0.05, 0) is 45.1 Å². The maximum Gasteiger partial charge on any atom is 0.257 e. The molecule has 1 saturated heterocycles. The Morgan fingerprint density at radius 3 is 2.35 bits per heavy atom. The molecule has 1 aromatic carbocycles. The van der Waals surface area contributed by atoms with E-state index in [1.54, 1.807) is 6.26 Å². The Balaban J connectivity index is 1.51. The van der Waals surface area contributed by atoms with Crippen LogP contribution in [0.2, 0.25) is 0 Å². The zero-order valence-electron chi connectivity index (χ0n) is 18.8. The third kappa shape index (κ3) is 6.26. The zero-order chi connectivity index (χ0) is 22.5. The maximum absolute atomic E-state index is 13.1. The molecule has 0 spiro atoms. The van der Waals surface area contributed by atoms with Crippen LogP contribution in [0.15, 0.2) is 46.8 Å². The molecular weight excluding hydrogens is 412 g/mol. The molecule has 170 valence electrons. The van der Waals surface area contributed by atoms with Gasteiger partial charge in [0.1, 0.15) is 0 Å². The van der Waals surface area contributed by atoms with Crippen LogP contribution in [0.4, 0.5) is 0 Å². The van der Waals surface area contributed by atoms with Crippen molar-refractivity contribution in [1.82, 2.24) is 4.90 Å². The van der Waals surface area contributed by atoms with Crippen LogP contribution in [-0.4, -0.2) is 52.1 Å². The van der Waals surface area contributed by atoms with Gasteiger partial charge in [0, 0.05) is 30.5 Å².